The second kappa shape index (κ2) is 20.6. The number of unbranched alkanes of at least 4 members (excludes halogenated alkanes) is 1. The zero-order chi connectivity index (χ0) is 33.0. The quantitative estimate of drug-likeness (QED) is 0.0611. The van der Waals surface area contributed by atoms with E-state index in [1.54, 1.807) is 11.0 Å². The maximum atomic E-state index is 13.3. The van der Waals surface area contributed by atoms with Crippen LogP contribution in [-0.4, -0.2) is 80.8 Å². The molecule has 12 nitrogen and oxygen atoms in total. The van der Waals surface area contributed by atoms with Gasteiger partial charge in [-0.2, -0.15) is 0 Å². The third kappa shape index (κ3) is 12.9. The van der Waals surface area contributed by atoms with Crippen LogP contribution in [0, 0.1) is 6.92 Å². The first-order chi connectivity index (χ1) is 22.4. The van der Waals surface area contributed by atoms with Crippen molar-refractivity contribution in [2.24, 2.45) is 5.11 Å². The molecule has 0 bridgehead atoms. The van der Waals surface area contributed by atoms with Crippen molar-refractivity contribution >= 4 is 28.5 Å². The summed E-state index contributed by atoms with van der Waals surface area (Å²) in [5, 5.41) is 19.0. The summed E-state index contributed by atoms with van der Waals surface area (Å²) in [6.07, 6.45) is 0.783. The number of azide groups is 1. The molecule has 3 aromatic rings. The average Bonchev–Trinajstić information content (AvgIpc) is 3.06. The van der Waals surface area contributed by atoms with Gasteiger partial charge in [-0.1, -0.05) is 66.1 Å². The number of ether oxygens (including phenoxy) is 4. The number of hydrogen-bond acceptors (Lipinski definition) is 8. The van der Waals surface area contributed by atoms with Crippen LogP contribution in [0.15, 0.2) is 65.8 Å². The zero-order valence-electron chi connectivity index (χ0n) is 26.7. The van der Waals surface area contributed by atoms with E-state index in [2.05, 4.69) is 15.3 Å². The Hall–Kier alpha value is -4.35. The predicted molar refractivity (Wildman–Crippen MR) is 176 cm³/mol. The Morgan fingerprint density at radius 3 is 2.61 bits per heavy atom. The number of fused-ring (bicyclic) bond motifs is 1. The number of carbonyl (C=O) groups is 2. The lowest BCUT2D eigenvalue weighted by Gasteiger charge is -2.24. The van der Waals surface area contributed by atoms with Gasteiger partial charge in [0, 0.05) is 48.6 Å². The Balaban J connectivity index is 1.45. The maximum Gasteiger partial charge on any atom is 0.407 e. The molecular formula is C34H45N5O7. The van der Waals surface area contributed by atoms with Crippen LogP contribution in [0.3, 0.4) is 0 Å². The lowest BCUT2D eigenvalue weighted by molar-refractivity contribution is -0.132. The molecule has 0 aromatic heterocycles. The number of aliphatic hydroxyl groups excluding tert-OH is 1. The summed E-state index contributed by atoms with van der Waals surface area (Å²) < 4.78 is 21.6. The Labute approximate surface area is 270 Å². The van der Waals surface area contributed by atoms with Gasteiger partial charge in [-0.15, -0.1) is 0 Å². The Morgan fingerprint density at radius 2 is 1.80 bits per heavy atom. The molecule has 1 atom stereocenters. The standard InChI is InChI=1S/C34H45N5O7/c1-3-43-19-20-44-21-22-45-34(42)36-17-18-39(24-27-15-16-31(37-38-35)26(2)23-27)33(41)14-7-5-11-29(40)25-46-32-13-8-10-28-9-4-6-12-30(28)32/h4,6,8-10,12-13,15-16,23,29,40H,3,5,7,11,14,17-22,24-25H2,1-2H3,(H,36,42)/t29-/m0/s1. The molecule has 0 spiro atoms. The number of nitrogens with zero attached hydrogens (tertiary/aromatic N) is 4. The maximum absolute atomic E-state index is 13.3. The topological polar surface area (TPSA) is 155 Å². The molecule has 0 aliphatic heterocycles. The first-order valence-electron chi connectivity index (χ1n) is 15.7. The molecule has 0 heterocycles. The highest BCUT2D eigenvalue weighted by molar-refractivity contribution is 5.88. The van der Waals surface area contributed by atoms with Gasteiger partial charge in [0.2, 0.25) is 5.91 Å². The van der Waals surface area contributed by atoms with Crippen molar-refractivity contribution in [3.05, 3.63) is 82.2 Å². The van der Waals surface area contributed by atoms with E-state index >= 15 is 0 Å². The van der Waals surface area contributed by atoms with E-state index in [4.69, 9.17) is 24.5 Å². The predicted octanol–water partition coefficient (Wildman–Crippen LogP) is 6.20. The van der Waals surface area contributed by atoms with Gasteiger partial charge in [-0.25, -0.2) is 4.79 Å². The van der Waals surface area contributed by atoms with Gasteiger partial charge in [-0.3, -0.25) is 4.79 Å². The minimum absolute atomic E-state index is 0.0730. The molecule has 0 saturated heterocycles. The summed E-state index contributed by atoms with van der Waals surface area (Å²) in [7, 11) is 0. The summed E-state index contributed by atoms with van der Waals surface area (Å²) in [6.45, 7) is 6.62. The van der Waals surface area contributed by atoms with E-state index in [1.165, 1.54) is 0 Å². The van der Waals surface area contributed by atoms with Crippen LogP contribution in [0.1, 0.15) is 43.7 Å². The number of alkyl carbamates (subject to hydrolysis) is 1. The van der Waals surface area contributed by atoms with Crippen molar-refractivity contribution < 1.29 is 33.6 Å². The molecule has 0 aliphatic rings. The number of rotatable bonds is 21. The van der Waals surface area contributed by atoms with Crippen LogP contribution in [0.4, 0.5) is 10.5 Å². The summed E-state index contributed by atoms with van der Waals surface area (Å²) in [4.78, 5) is 29.9. The van der Waals surface area contributed by atoms with Crippen molar-refractivity contribution in [3.8, 4) is 5.75 Å². The van der Waals surface area contributed by atoms with E-state index in [1.807, 2.05) is 68.4 Å². The van der Waals surface area contributed by atoms with Crippen LogP contribution in [0.5, 0.6) is 5.75 Å². The number of nitrogens with one attached hydrogen (secondary N) is 1. The average molecular weight is 636 g/mol. The van der Waals surface area contributed by atoms with Crippen molar-refractivity contribution in [1.82, 2.24) is 10.2 Å². The fraction of sp³-hybridized carbons (Fsp3) is 0.471. The van der Waals surface area contributed by atoms with Crippen molar-refractivity contribution in [2.75, 3.05) is 52.7 Å². The Kier molecular flexibility index (Phi) is 16.2. The summed E-state index contributed by atoms with van der Waals surface area (Å²) in [6, 6.07) is 19.2. The molecule has 0 aliphatic carbocycles. The van der Waals surface area contributed by atoms with Gasteiger partial charge in [0.1, 0.15) is 19.0 Å². The largest absolute Gasteiger partial charge is 0.490 e. The lowest BCUT2D eigenvalue weighted by Crippen LogP contribution is -2.38. The van der Waals surface area contributed by atoms with Crippen LogP contribution in [-0.2, 0) is 25.5 Å². The fourth-order valence-electron chi connectivity index (χ4n) is 4.80. The minimum Gasteiger partial charge on any atom is -0.490 e. The Morgan fingerprint density at radius 1 is 1.02 bits per heavy atom. The highest BCUT2D eigenvalue weighted by Crippen LogP contribution is 2.25. The molecule has 12 heteroatoms. The molecule has 0 radical (unpaired) electrons. The summed E-state index contributed by atoms with van der Waals surface area (Å²) in [5.41, 5.74) is 11.0. The minimum atomic E-state index is -0.659. The number of hydrogen-bond donors (Lipinski definition) is 2. The molecule has 0 unspecified atom stereocenters. The monoisotopic (exact) mass is 635 g/mol. The third-order valence-electron chi connectivity index (χ3n) is 7.19. The van der Waals surface area contributed by atoms with Crippen molar-refractivity contribution in [1.29, 1.82) is 0 Å². The highest BCUT2D eigenvalue weighted by atomic mass is 16.6. The molecule has 2 amide bonds. The molecule has 0 saturated carbocycles. The molecule has 3 rings (SSSR count). The molecule has 248 valence electrons. The van der Waals surface area contributed by atoms with E-state index in [0.717, 1.165) is 27.6 Å². The Bertz CT molecular complexity index is 1420. The van der Waals surface area contributed by atoms with E-state index in [0.29, 0.717) is 51.3 Å². The van der Waals surface area contributed by atoms with Gasteiger partial charge in [0.25, 0.3) is 0 Å². The van der Waals surface area contributed by atoms with Gasteiger partial charge in [-0.05, 0) is 54.8 Å². The number of carbonyl (C=O) groups excluding carboxylic acids is 2. The molecular weight excluding hydrogens is 590 g/mol. The van der Waals surface area contributed by atoms with Crippen LogP contribution in [0.2, 0.25) is 0 Å². The van der Waals surface area contributed by atoms with Crippen molar-refractivity contribution in [2.45, 2.75) is 52.2 Å². The number of amides is 2. The van der Waals surface area contributed by atoms with Crippen LogP contribution >= 0.6 is 0 Å². The molecule has 46 heavy (non-hydrogen) atoms. The highest BCUT2D eigenvalue weighted by Gasteiger charge is 2.16. The van der Waals surface area contributed by atoms with E-state index in [9.17, 15) is 14.7 Å². The first-order valence-corrected chi connectivity index (χ1v) is 15.7. The molecule has 3 aromatic carbocycles. The zero-order valence-corrected chi connectivity index (χ0v) is 26.7. The third-order valence-corrected chi connectivity index (χ3v) is 7.19. The molecule has 2 N–H and O–H groups in total. The van der Waals surface area contributed by atoms with E-state index < -0.39 is 12.2 Å². The van der Waals surface area contributed by atoms with Crippen LogP contribution in [0.25, 0.3) is 21.2 Å². The van der Waals surface area contributed by atoms with Crippen molar-refractivity contribution in [3.63, 3.8) is 0 Å². The SMILES string of the molecule is CCOCCOCCOC(=O)NCCN(Cc1ccc(N=[N+]=[N-])c(C)c1)C(=O)CCCC[C@H](O)COc1cccc2ccccc12. The second-order valence-electron chi connectivity index (χ2n) is 10.7. The normalized spacial score (nSPS) is 11.5. The lowest BCUT2D eigenvalue weighted by atomic mass is 10.1. The number of aliphatic hydroxyl groups is 1. The number of benzene rings is 3. The summed E-state index contributed by atoms with van der Waals surface area (Å²) in [5.74, 6) is 0.658. The van der Waals surface area contributed by atoms with E-state index in [-0.39, 0.29) is 45.2 Å². The smallest absolute Gasteiger partial charge is 0.407 e. The van der Waals surface area contributed by atoms with Crippen LogP contribution < -0.4 is 10.1 Å². The van der Waals surface area contributed by atoms with Gasteiger partial charge in [0.05, 0.1) is 25.9 Å². The first kappa shape index (κ1) is 36.1. The second-order valence-corrected chi connectivity index (χ2v) is 10.7. The van der Waals surface area contributed by atoms with Gasteiger partial charge < -0.3 is 34.3 Å². The fourth-order valence-corrected chi connectivity index (χ4v) is 4.80. The van der Waals surface area contributed by atoms with Gasteiger partial charge >= 0.3 is 6.09 Å². The number of aryl methyl sites for hydroxylation is 1. The summed E-state index contributed by atoms with van der Waals surface area (Å²) >= 11 is 0. The molecule has 0 fully saturated rings. The van der Waals surface area contributed by atoms with Gasteiger partial charge in [0.15, 0.2) is 0 Å².